The minimum Gasteiger partial charge on any atom is -0.311 e. The number of hydrogen-bond donors (Lipinski definition) is 0. The van der Waals surface area contributed by atoms with Crippen molar-refractivity contribution < 1.29 is 13.6 Å². The van der Waals surface area contributed by atoms with Crippen LogP contribution in [0.2, 0.25) is 0 Å². The maximum absolute atomic E-state index is 13.6. The molecular weight excluding hydrogens is 330 g/mol. The van der Waals surface area contributed by atoms with E-state index in [-0.39, 0.29) is 29.5 Å². The number of thioether (sulfide) groups is 1. The summed E-state index contributed by atoms with van der Waals surface area (Å²) in [5, 5.41) is 8.78. The molecule has 0 spiro atoms. The van der Waals surface area contributed by atoms with Gasteiger partial charge in [-0.1, -0.05) is 17.7 Å². The van der Waals surface area contributed by atoms with Gasteiger partial charge in [0.25, 0.3) is 0 Å². The first-order chi connectivity index (χ1) is 11.5. The van der Waals surface area contributed by atoms with Gasteiger partial charge in [-0.2, -0.15) is 5.26 Å². The molecule has 0 radical (unpaired) electrons. The molecular formula is C18H16F2N2OS. The highest BCUT2D eigenvalue weighted by molar-refractivity contribution is 8.00. The molecule has 2 aromatic carbocycles. The topological polar surface area (TPSA) is 44.1 Å². The van der Waals surface area contributed by atoms with Gasteiger partial charge in [0.2, 0.25) is 5.91 Å². The van der Waals surface area contributed by atoms with Crippen LogP contribution in [0.15, 0.2) is 47.4 Å². The van der Waals surface area contributed by atoms with Gasteiger partial charge in [-0.25, -0.2) is 8.78 Å². The second kappa shape index (κ2) is 8.46. The number of carbonyl (C=O) groups is 1. The number of nitriles is 1. The number of hydrogen-bond acceptors (Lipinski definition) is 3. The van der Waals surface area contributed by atoms with Gasteiger partial charge in [-0.05, 0) is 37.3 Å². The Morgan fingerprint density at radius 3 is 2.58 bits per heavy atom. The SMILES string of the molecule is Cc1ccc(N(CCC#N)C(=O)CSc2cc(F)ccc2F)cc1. The molecule has 124 valence electrons. The van der Waals surface area contributed by atoms with Gasteiger partial charge in [-0.3, -0.25) is 4.79 Å². The summed E-state index contributed by atoms with van der Waals surface area (Å²) in [4.78, 5) is 14.1. The molecule has 0 unspecified atom stereocenters. The Bertz CT molecular complexity index is 757. The van der Waals surface area contributed by atoms with Crippen molar-refractivity contribution in [3.63, 3.8) is 0 Å². The zero-order chi connectivity index (χ0) is 17.5. The molecule has 0 heterocycles. The second-order valence-corrected chi connectivity index (χ2v) is 6.17. The minimum atomic E-state index is -0.562. The van der Waals surface area contributed by atoms with E-state index in [4.69, 9.17) is 5.26 Å². The van der Waals surface area contributed by atoms with Gasteiger partial charge in [-0.15, -0.1) is 11.8 Å². The van der Waals surface area contributed by atoms with Crippen molar-refractivity contribution >= 4 is 23.4 Å². The monoisotopic (exact) mass is 346 g/mol. The fraction of sp³-hybridized carbons (Fsp3) is 0.222. The first-order valence-electron chi connectivity index (χ1n) is 7.33. The van der Waals surface area contributed by atoms with E-state index in [1.165, 1.54) is 4.90 Å². The standard InChI is InChI=1S/C18H16F2N2OS/c1-13-3-6-15(7-4-13)22(10-2-9-21)18(23)12-24-17-11-14(19)5-8-16(17)20/h3-8,11H,2,10,12H2,1H3. The summed E-state index contributed by atoms with van der Waals surface area (Å²) in [6.07, 6.45) is 0.193. The maximum atomic E-state index is 13.6. The lowest BCUT2D eigenvalue weighted by Gasteiger charge is -2.22. The fourth-order valence-corrected chi connectivity index (χ4v) is 2.93. The Labute approximate surface area is 143 Å². The van der Waals surface area contributed by atoms with Crippen LogP contribution in [0.1, 0.15) is 12.0 Å². The molecule has 0 aliphatic heterocycles. The average Bonchev–Trinajstić information content (AvgIpc) is 2.57. The summed E-state index contributed by atoms with van der Waals surface area (Å²) in [6, 6.07) is 12.5. The van der Waals surface area contributed by atoms with E-state index >= 15 is 0 Å². The summed E-state index contributed by atoms with van der Waals surface area (Å²) in [7, 11) is 0. The summed E-state index contributed by atoms with van der Waals surface area (Å²) in [5.41, 5.74) is 1.74. The molecule has 0 N–H and O–H groups in total. The molecule has 2 rings (SSSR count). The van der Waals surface area contributed by atoms with Crippen LogP contribution in [0.25, 0.3) is 0 Å². The number of benzene rings is 2. The molecule has 0 atom stereocenters. The Morgan fingerprint density at radius 2 is 1.92 bits per heavy atom. The summed E-state index contributed by atoms with van der Waals surface area (Å²) < 4.78 is 26.8. The van der Waals surface area contributed by atoms with Crippen LogP contribution in [0.3, 0.4) is 0 Å². The van der Waals surface area contributed by atoms with Crippen molar-refractivity contribution in [2.75, 3.05) is 17.2 Å². The van der Waals surface area contributed by atoms with Crippen LogP contribution in [0, 0.1) is 29.9 Å². The largest absolute Gasteiger partial charge is 0.311 e. The van der Waals surface area contributed by atoms with E-state index in [2.05, 4.69) is 0 Å². The highest BCUT2D eigenvalue weighted by atomic mass is 32.2. The predicted molar refractivity (Wildman–Crippen MR) is 90.8 cm³/mol. The Hall–Kier alpha value is -2.39. The van der Waals surface area contributed by atoms with E-state index in [0.29, 0.717) is 5.69 Å². The molecule has 2 aromatic rings. The summed E-state index contributed by atoms with van der Waals surface area (Å²) in [6.45, 7) is 2.19. The van der Waals surface area contributed by atoms with E-state index in [1.807, 2.05) is 25.1 Å². The summed E-state index contributed by atoms with van der Waals surface area (Å²) >= 11 is 0.940. The van der Waals surface area contributed by atoms with Gasteiger partial charge >= 0.3 is 0 Å². The third kappa shape index (κ3) is 4.80. The molecule has 24 heavy (non-hydrogen) atoms. The Balaban J connectivity index is 2.11. The molecule has 0 fully saturated rings. The number of halogens is 2. The first-order valence-corrected chi connectivity index (χ1v) is 8.31. The first kappa shape index (κ1) is 18.0. The molecule has 0 saturated carbocycles. The number of nitrogens with zero attached hydrogens (tertiary/aromatic N) is 2. The third-order valence-corrected chi connectivity index (χ3v) is 4.35. The maximum Gasteiger partial charge on any atom is 0.237 e. The van der Waals surface area contributed by atoms with Gasteiger partial charge in [0.1, 0.15) is 11.6 Å². The molecule has 0 aromatic heterocycles. The number of rotatable bonds is 6. The molecule has 1 amide bonds. The highest BCUT2D eigenvalue weighted by Crippen LogP contribution is 2.24. The van der Waals surface area contributed by atoms with Crippen LogP contribution in [0.5, 0.6) is 0 Å². The smallest absolute Gasteiger partial charge is 0.237 e. The number of anilines is 1. The molecule has 0 saturated heterocycles. The Morgan fingerprint density at radius 1 is 1.21 bits per heavy atom. The zero-order valence-corrected chi connectivity index (χ0v) is 13.9. The molecule has 0 aliphatic rings. The number of amides is 1. The number of carbonyl (C=O) groups excluding carboxylic acids is 1. The Kier molecular flexibility index (Phi) is 6.33. The predicted octanol–water partition coefficient (Wildman–Crippen LogP) is 4.31. The lowest BCUT2D eigenvalue weighted by Crippen LogP contribution is -2.33. The van der Waals surface area contributed by atoms with E-state index in [0.717, 1.165) is 35.5 Å². The van der Waals surface area contributed by atoms with E-state index in [9.17, 15) is 13.6 Å². The molecule has 3 nitrogen and oxygen atoms in total. The van der Waals surface area contributed by atoms with E-state index in [1.54, 1.807) is 12.1 Å². The summed E-state index contributed by atoms with van der Waals surface area (Å²) in [5.74, 6) is -1.42. The van der Waals surface area contributed by atoms with Crippen molar-refractivity contribution in [3.8, 4) is 6.07 Å². The second-order valence-electron chi connectivity index (χ2n) is 5.15. The molecule has 6 heteroatoms. The van der Waals surface area contributed by atoms with Crippen molar-refractivity contribution in [1.82, 2.24) is 0 Å². The van der Waals surface area contributed by atoms with Gasteiger partial charge < -0.3 is 4.90 Å². The molecule has 0 bridgehead atoms. The minimum absolute atomic E-state index is 0.0420. The normalized spacial score (nSPS) is 10.2. The average molecular weight is 346 g/mol. The zero-order valence-electron chi connectivity index (χ0n) is 13.1. The van der Waals surface area contributed by atoms with Crippen molar-refractivity contribution in [1.29, 1.82) is 5.26 Å². The van der Waals surface area contributed by atoms with E-state index < -0.39 is 11.6 Å². The van der Waals surface area contributed by atoms with Crippen LogP contribution in [-0.4, -0.2) is 18.2 Å². The van der Waals surface area contributed by atoms with Crippen molar-refractivity contribution in [3.05, 3.63) is 59.7 Å². The lowest BCUT2D eigenvalue weighted by molar-refractivity contribution is -0.116. The van der Waals surface area contributed by atoms with Crippen LogP contribution < -0.4 is 4.90 Å². The van der Waals surface area contributed by atoms with Crippen molar-refractivity contribution in [2.24, 2.45) is 0 Å². The number of aryl methyl sites for hydroxylation is 1. The van der Waals surface area contributed by atoms with Crippen LogP contribution in [0.4, 0.5) is 14.5 Å². The lowest BCUT2D eigenvalue weighted by atomic mass is 10.2. The van der Waals surface area contributed by atoms with Gasteiger partial charge in [0.15, 0.2) is 0 Å². The van der Waals surface area contributed by atoms with Crippen LogP contribution in [-0.2, 0) is 4.79 Å². The quantitative estimate of drug-likeness (QED) is 0.732. The highest BCUT2D eigenvalue weighted by Gasteiger charge is 2.17. The van der Waals surface area contributed by atoms with Gasteiger partial charge in [0.05, 0.1) is 18.2 Å². The third-order valence-electron chi connectivity index (χ3n) is 3.34. The molecule has 0 aliphatic carbocycles. The fourth-order valence-electron chi connectivity index (χ4n) is 2.09. The van der Waals surface area contributed by atoms with Crippen molar-refractivity contribution in [2.45, 2.75) is 18.2 Å². The van der Waals surface area contributed by atoms with Gasteiger partial charge in [0, 0.05) is 17.1 Å². The van der Waals surface area contributed by atoms with Crippen LogP contribution >= 0.6 is 11.8 Å².